The molecule has 2 N–H and O–H groups in total. The highest BCUT2D eigenvalue weighted by Gasteiger charge is 2.12. The summed E-state index contributed by atoms with van der Waals surface area (Å²) in [6, 6.07) is 5.54. The molecule has 1 unspecified atom stereocenters. The highest BCUT2D eigenvalue weighted by molar-refractivity contribution is 5.85. The van der Waals surface area contributed by atoms with Gasteiger partial charge in [0, 0.05) is 6.04 Å². The molecule has 4 heteroatoms. The molecular weight excluding hydrogens is 202 g/mol. The molecule has 3 nitrogen and oxygen atoms in total. The van der Waals surface area contributed by atoms with E-state index in [1.54, 1.807) is 14.2 Å². The maximum Gasteiger partial charge on any atom is 0.127 e. The van der Waals surface area contributed by atoms with Crippen LogP contribution in [0.25, 0.3) is 0 Å². The Hall–Kier alpha value is -0.930. The molecule has 0 aliphatic heterocycles. The molecule has 0 aliphatic rings. The molecule has 0 aliphatic carbocycles. The van der Waals surface area contributed by atoms with Gasteiger partial charge in [-0.2, -0.15) is 0 Å². The Morgan fingerprint density at radius 1 is 1.14 bits per heavy atom. The van der Waals surface area contributed by atoms with Gasteiger partial charge in [-0.3, -0.25) is 0 Å². The van der Waals surface area contributed by atoms with Crippen molar-refractivity contribution in [2.75, 3.05) is 14.2 Å². The molecule has 0 saturated carbocycles. The molecule has 0 aromatic heterocycles. The van der Waals surface area contributed by atoms with Crippen molar-refractivity contribution in [3.8, 4) is 11.5 Å². The minimum atomic E-state index is -0.0916. The summed E-state index contributed by atoms with van der Waals surface area (Å²) in [7, 11) is 3.25. The lowest BCUT2D eigenvalue weighted by atomic mass is 10.1. The van der Waals surface area contributed by atoms with Crippen LogP contribution < -0.4 is 15.2 Å². The number of nitrogens with two attached hydrogens (primary N) is 1. The Balaban J connectivity index is 0.00000169. The van der Waals surface area contributed by atoms with Crippen molar-refractivity contribution in [1.29, 1.82) is 0 Å². The first kappa shape index (κ1) is 13.1. The van der Waals surface area contributed by atoms with Crippen LogP contribution in [-0.4, -0.2) is 14.2 Å². The number of rotatable bonds is 3. The smallest absolute Gasteiger partial charge is 0.127 e. The Morgan fingerprint density at radius 3 is 1.86 bits per heavy atom. The van der Waals surface area contributed by atoms with Gasteiger partial charge in [-0.25, -0.2) is 0 Å². The van der Waals surface area contributed by atoms with E-state index in [1.807, 2.05) is 25.1 Å². The van der Waals surface area contributed by atoms with Crippen molar-refractivity contribution in [2.24, 2.45) is 5.73 Å². The predicted molar refractivity (Wildman–Crippen MR) is 59.4 cm³/mol. The third-order valence-corrected chi connectivity index (χ3v) is 1.92. The molecule has 1 rings (SSSR count). The Bertz CT molecular complexity index is 267. The molecule has 0 bridgehead atoms. The van der Waals surface area contributed by atoms with Gasteiger partial charge in [-0.05, 0) is 19.1 Å². The van der Waals surface area contributed by atoms with Crippen LogP contribution in [0.3, 0.4) is 0 Å². The highest BCUT2D eigenvalue weighted by Crippen LogP contribution is 2.32. The summed E-state index contributed by atoms with van der Waals surface area (Å²) >= 11 is 0. The molecule has 80 valence electrons. The van der Waals surface area contributed by atoms with Gasteiger partial charge in [0.1, 0.15) is 11.5 Å². The van der Waals surface area contributed by atoms with E-state index in [9.17, 15) is 0 Å². The molecule has 0 fully saturated rings. The number of hydrogen-bond donors (Lipinski definition) is 1. The Morgan fingerprint density at radius 2 is 1.57 bits per heavy atom. The maximum atomic E-state index is 5.81. The zero-order valence-corrected chi connectivity index (χ0v) is 9.43. The van der Waals surface area contributed by atoms with Crippen molar-refractivity contribution in [2.45, 2.75) is 13.0 Å². The topological polar surface area (TPSA) is 44.5 Å². The lowest BCUT2D eigenvalue weighted by Gasteiger charge is -2.15. The van der Waals surface area contributed by atoms with E-state index in [0.717, 1.165) is 17.1 Å². The predicted octanol–water partition coefficient (Wildman–Crippen LogP) is 2.15. The average molecular weight is 218 g/mol. The highest BCUT2D eigenvalue weighted by atomic mass is 35.5. The zero-order valence-electron chi connectivity index (χ0n) is 8.61. The Kier molecular flexibility index (Phi) is 5.35. The largest absolute Gasteiger partial charge is 0.496 e. The molecule has 0 saturated heterocycles. The first-order chi connectivity index (χ1) is 6.20. The molecule has 0 heterocycles. The van der Waals surface area contributed by atoms with Crippen LogP contribution in [0.5, 0.6) is 11.5 Å². The fourth-order valence-electron chi connectivity index (χ4n) is 1.33. The monoisotopic (exact) mass is 217 g/mol. The number of hydrogen-bond acceptors (Lipinski definition) is 3. The Labute approximate surface area is 90.6 Å². The van der Waals surface area contributed by atoms with Crippen molar-refractivity contribution < 1.29 is 9.47 Å². The second-order valence-electron chi connectivity index (χ2n) is 2.86. The van der Waals surface area contributed by atoms with E-state index >= 15 is 0 Å². The van der Waals surface area contributed by atoms with Crippen LogP contribution in [0.15, 0.2) is 18.2 Å². The van der Waals surface area contributed by atoms with Gasteiger partial charge in [0.25, 0.3) is 0 Å². The third kappa shape index (κ3) is 2.53. The molecule has 14 heavy (non-hydrogen) atoms. The van der Waals surface area contributed by atoms with Gasteiger partial charge >= 0.3 is 0 Å². The SMILES string of the molecule is COc1cccc(OC)c1C(C)N.Cl. The number of benzene rings is 1. The standard InChI is InChI=1S/C10H15NO2.ClH/c1-7(11)10-8(12-2)5-4-6-9(10)13-3;/h4-7H,11H2,1-3H3;1H. The van der Waals surface area contributed by atoms with Crippen molar-refractivity contribution in [3.05, 3.63) is 23.8 Å². The summed E-state index contributed by atoms with van der Waals surface area (Å²) < 4.78 is 10.4. The van der Waals surface area contributed by atoms with Gasteiger partial charge in [-0.1, -0.05) is 6.07 Å². The van der Waals surface area contributed by atoms with E-state index in [0.29, 0.717) is 0 Å². The summed E-state index contributed by atoms with van der Waals surface area (Å²) in [4.78, 5) is 0. The van der Waals surface area contributed by atoms with Gasteiger partial charge in [0.05, 0.1) is 19.8 Å². The number of methoxy groups -OCH3 is 2. The second-order valence-corrected chi connectivity index (χ2v) is 2.86. The van der Waals surface area contributed by atoms with Crippen LogP contribution in [0.2, 0.25) is 0 Å². The van der Waals surface area contributed by atoms with Gasteiger partial charge < -0.3 is 15.2 Å². The molecule has 0 radical (unpaired) electrons. The zero-order chi connectivity index (χ0) is 9.84. The van der Waals surface area contributed by atoms with Crippen molar-refractivity contribution >= 4 is 12.4 Å². The molecule has 1 aromatic carbocycles. The summed E-state index contributed by atoms with van der Waals surface area (Å²) in [5, 5.41) is 0. The minimum Gasteiger partial charge on any atom is -0.496 e. The third-order valence-electron chi connectivity index (χ3n) is 1.92. The normalized spacial score (nSPS) is 11.4. The van der Waals surface area contributed by atoms with E-state index in [1.165, 1.54) is 0 Å². The van der Waals surface area contributed by atoms with Crippen molar-refractivity contribution in [3.63, 3.8) is 0 Å². The summed E-state index contributed by atoms with van der Waals surface area (Å²) in [5.41, 5.74) is 6.72. The fraction of sp³-hybridized carbons (Fsp3) is 0.400. The van der Waals surface area contributed by atoms with E-state index in [4.69, 9.17) is 15.2 Å². The van der Waals surface area contributed by atoms with Crippen LogP contribution in [0.4, 0.5) is 0 Å². The number of halogens is 1. The quantitative estimate of drug-likeness (QED) is 0.844. The second kappa shape index (κ2) is 5.73. The van der Waals surface area contributed by atoms with Crippen LogP contribution in [-0.2, 0) is 0 Å². The molecule has 0 amide bonds. The summed E-state index contributed by atoms with van der Waals surface area (Å²) in [5.74, 6) is 1.55. The average Bonchev–Trinajstić information content (AvgIpc) is 2.16. The fourth-order valence-corrected chi connectivity index (χ4v) is 1.33. The van der Waals surface area contributed by atoms with Crippen LogP contribution >= 0.6 is 12.4 Å². The summed E-state index contributed by atoms with van der Waals surface area (Å²) in [6.07, 6.45) is 0. The van der Waals surface area contributed by atoms with E-state index in [2.05, 4.69) is 0 Å². The minimum absolute atomic E-state index is 0. The van der Waals surface area contributed by atoms with Crippen molar-refractivity contribution in [1.82, 2.24) is 0 Å². The number of ether oxygens (including phenoxy) is 2. The van der Waals surface area contributed by atoms with E-state index in [-0.39, 0.29) is 18.4 Å². The lowest BCUT2D eigenvalue weighted by molar-refractivity contribution is 0.381. The van der Waals surface area contributed by atoms with Gasteiger partial charge in [-0.15, -0.1) is 12.4 Å². The first-order valence-electron chi connectivity index (χ1n) is 4.17. The van der Waals surface area contributed by atoms with Gasteiger partial charge in [0.2, 0.25) is 0 Å². The summed E-state index contributed by atoms with van der Waals surface area (Å²) in [6.45, 7) is 1.90. The van der Waals surface area contributed by atoms with Crippen LogP contribution in [0, 0.1) is 0 Å². The molecule has 1 atom stereocenters. The van der Waals surface area contributed by atoms with E-state index < -0.39 is 0 Å². The lowest BCUT2D eigenvalue weighted by Crippen LogP contribution is -2.08. The molecule has 0 spiro atoms. The molecule has 1 aromatic rings. The van der Waals surface area contributed by atoms with Gasteiger partial charge in [0.15, 0.2) is 0 Å². The first-order valence-corrected chi connectivity index (χ1v) is 4.17. The molecular formula is C10H16ClNO2. The van der Waals surface area contributed by atoms with Crippen LogP contribution in [0.1, 0.15) is 18.5 Å². The maximum absolute atomic E-state index is 5.81.